The minimum absolute atomic E-state index is 0.0510. The standard InChI is InChI=1S/C17H29N3O/c1-3-5-12-20(13-6-4-2)14-16(17(18)19-21)15-10-8-7-9-11-15/h7-11,16,21H,3-6,12-14H2,1-2H3,(H2,18,19). The highest BCUT2D eigenvalue weighted by Crippen LogP contribution is 2.18. The van der Waals surface area contributed by atoms with Crippen LogP contribution in [0, 0.1) is 0 Å². The fourth-order valence-corrected chi connectivity index (χ4v) is 2.44. The molecule has 0 fully saturated rings. The van der Waals surface area contributed by atoms with Gasteiger partial charge >= 0.3 is 0 Å². The van der Waals surface area contributed by atoms with E-state index in [9.17, 15) is 0 Å². The number of rotatable bonds is 10. The molecule has 1 rings (SSSR count). The van der Waals surface area contributed by atoms with E-state index >= 15 is 0 Å². The monoisotopic (exact) mass is 291 g/mol. The Morgan fingerprint density at radius 3 is 2.19 bits per heavy atom. The van der Waals surface area contributed by atoms with Gasteiger partial charge in [0.1, 0.15) is 5.84 Å². The molecule has 0 aliphatic rings. The molecule has 0 saturated carbocycles. The third kappa shape index (κ3) is 6.17. The summed E-state index contributed by atoms with van der Waals surface area (Å²) in [4.78, 5) is 2.43. The Kier molecular flexibility index (Phi) is 8.51. The zero-order valence-corrected chi connectivity index (χ0v) is 13.3. The van der Waals surface area contributed by atoms with E-state index in [-0.39, 0.29) is 5.92 Å². The quantitative estimate of drug-likeness (QED) is 0.300. The fraction of sp³-hybridized carbons (Fsp3) is 0.588. The van der Waals surface area contributed by atoms with Crippen molar-refractivity contribution in [2.24, 2.45) is 10.9 Å². The highest BCUT2D eigenvalue weighted by molar-refractivity contribution is 5.87. The van der Waals surface area contributed by atoms with Gasteiger partial charge in [0.15, 0.2) is 0 Å². The van der Waals surface area contributed by atoms with E-state index in [0.717, 1.165) is 25.2 Å². The van der Waals surface area contributed by atoms with Crippen LogP contribution in [0.2, 0.25) is 0 Å². The smallest absolute Gasteiger partial charge is 0.147 e. The molecular formula is C17H29N3O. The largest absolute Gasteiger partial charge is 0.409 e. The lowest BCUT2D eigenvalue weighted by molar-refractivity contribution is 0.258. The molecule has 1 aromatic carbocycles. The van der Waals surface area contributed by atoms with Crippen LogP contribution < -0.4 is 5.73 Å². The minimum atomic E-state index is -0.0510. The maximum absolute atomic E-state index is 9.08. The van der Waals surface area contributed by atoms with Gasteiger partial charge in [-0.3, -0.25) is 0 Å². The van der Waals surface area contributed by atoms with Crippen LogP contribution in [0.1, 0.15) is 51.0 Å². The van der Waals surface area contributed by atoms with Crippen LogP contribution in [0.5, 0.6) is 0 Å². The van der Waals surface area contributed by atoms with Crippen molar-refractivity contribution in [3.8, 4) is 0 Å². The summed E-state index contributed by atoms with van der Waals surface area (Å²) in [6, 6.07) is 10.1. The Morgan fingerprint density at radius 2 is 1.71 bits per heavy atom. The number of amidine groups is 1. The molecule has 4 nitrogen and oxygen atoms in total. The first-order valence-electron chi connectivity index (χ1n) is 7.97. The third-order valence-electron chi connectivity index (χ3n) is 3.77. The molecular weight excluding hydrogens is 262 g/mol. The van der Waals surface area contributed by atoms with E-state index in [0.29, 0.717) is 5.84 Å². The van der Waals surface area contributed by atoms with Crippen LogP contribution in [0.3, 0.4) is 0 Å². The number of nitrogens with two attached hydrogens (primary N) is 1. The van der Waals surface area contributed by atoms with Crippen molar-refractivity contribution in [2.45, 2.75) is 45.4 Å². The third-order valence-corrected chi connectivity index (χ3v) is 3.77. The normalized spacial score (nSPS) is 13.6. The molecule has 4 heteroatoms. The fourth-order valence-electron chi connectivity index (χ4n) is 2.44. The summed E-state index contributed by atoms with van der Waals surface area (Å²) in [5.74, 6) is 0.240. The van der Waals surface area contributed by atoms with Crippen molar-refractivity contribution in [3.63, 3.8) is 0 Å². The van der Waals surface area contributed by atoms with Crippen LogP contribution in [0.25, 0.3) is 0 Å². The molecule has 0 aliphatic heterocycles. The van der Waals surface area contributed by atoms with Gasteiger partial charge in [-0.1, -0.05) is 62.2 Å². The summed E-state index contributed by atoms with van der Waals surface area (Å²) in [5, 5.41) is 12.3. The molecule has 0 spiro atoms. The van der Waals surface area contributed by atoms with Crippen LogP contribution in [-0.2, 0) is 0 Å². The summed E-state index contributed by atoms with van der Waals surface area (Å²) >= 11 is 0. The molecule has 0 aliphatic carbocycles. The average Bonchev–Trinajstić information content (AvgIpc) is 2.54. The van der Waals surface area contributed by atoms with Crippen molar-refractivity contribution in [3.05, 3.63) is 35.9 Å². The van der Waals surface area contributed by atoms with Crippen LogP contribution in [0.15, 0.2) is 35.5 Å². The lowest BCUT2D eigenvalue weighted by Gasteiger charge is -2.27. The summed E-state index contributed by atoms with van der Waals surface area (Å²) in [7, 11) is 0. The Labute approximate surface area is 128 Å². The maximum atomic E-state index is 9.08. The van der Waals surface area contributed by atoms with E-state index in [2.05, 4.69) is 23.9 Å². The van der Waals surface area contributed by atoms with Crippen molar-refractivity contribution in [1.82, 2.24) is 4.90 Å². The second kappa shape index (κ2) is 10.2. The van der Waals surface area contributed by atoms with E-state index in [1.165, 1.54) is 25.7 Å². The van der Waals surface area contributed by atoms with Crippen molar-refractivity contribution >= 4 is 5.84 Å². The van der Waals surface area contributed by atoms with Gasteiger partial charge in [0, 0.05) is 6.54 Å². The summed E-state index contributed by atoms with van der Waals surface area (Å²) in [6.45, 7) is 7.35. The number of unbranched alkanes of at least 4 members (excludes halogenated alkanes) is 2. The topological polar surface area (TPSA) is 61.8 Å². The zero-order valence-electron chi connectivity index (χ0n) is 13.3. The number of nitrogens with zero attached hydrogens (tertiary/aromatic N) is 2. The molecule has 0 saturated heterocycles. The Hall–Kier alpha value is -1.55. The average molecular weight is 291 g/mol. The number of hydrogen-bond donors (Lipinski definition) is 2. The van der Waals surface area contributed by atoms with Crippen molar-refractivity contribution < 1.29 is 5.21 Å². The second-order valence-electron chi connectivity index (χ2n) is 5.50. The van der Waals surface area contributed by atoms with Gasteiger partial charge in [-0.2, -0.15) is 0 Å². The highest BCUT2D eigenvalue weighted by Gasteiger charge is 2.20. The maximum Gasteiger partial charge on any atom is 0.147 e. The molecule has 0 bridgehead atoms. The Balaban J connectivity index is 2.81. The van der Waals surface area contributed by atoms with E-state index in [1.807, 2.05) is 30.3 Å². The molecule has 0 radical (unpaired) electrons. The van der Waals surface area contributed by atoms with E-state index in [1.54, 1.807) is 0 Å². The van der Waals surface area contributed by atoms with Crippen LogP contribution in [-0.4, -0.2) is 35.6 Å². The predicted molar refractivity (Wildman–Crippen MR) is 88.8 cm³/mol. The number of oxime groups is 1. The Bertz CT molecular complexity index is 398. The molecule has 1 aromatic rings. The minimum Gasteiger partial charge on any atom is -0.409 e. The molecule has 118 valence electrons. The molecule has 0 amide bonds. The van der Waals surface area contributed by atoms with E-state index in [4.69, 9.17) is 10.9 Å². The van der Waals surface area contributed by atoms with Gasteiger partial charge in [0.05, 0.1) is 5.92 Å². The molecule has 3 N–H and O–H groups in total. The predicted octanol–water partition coefficient (Wildman–Crippen LogP) is 3.42. The first kappa shape index (κ1) is 17.5. The second-order valence-corrected chi connectivity index (χ2v) is 5.50. The molecule has 1 unspecified atom stereocenters. The zero-order chi connectivity index (χ0) is 15.5. The van der Waals surface area contributed by atoms with Crippen molar-refractivity contribution in [2.75, 3.05) is 19.6 Å². The Morgan fingerprint density at radius 1 is 1.14 bits per heavy atom. The van der Waals surface area contributed by atoms with Gasteiger partial charge < -0.3 is 15.8 Å². The van der Waals surface area contributed by atoms with Crippen LogP contribution in [0.4, 0.5) is 0 Å². The van der Waals surface area contributed by atoms with Crippen molar-refractivity contribution in [1.29, 1.82) is 0 Å². The van der Waals surface area contributed by atoms with Gasteiger partial charge in [0.25, 0.3) is 0 Å². The molecule has 0 aromatic heterocycles. The summed E-state index contributed by atoms with van der Waals surface area (Å²) in [6.07, 6.45) is 4.73. The van der Waals surface area contributed by atoms with Crippen LogP contribution >= 0.6 is 0 Å². The first-order chi connectivity index (χ1) is 10.2. The highest BCUT2D eigenvalue weighted by atomic mass is 16.4. The summed E-state index contributed by atoms with van der Waals surface area (Å²) < 4.78 is 0. The lowest BCUT2D eigenvalue weighted by Crippen LogP contribution is -2.36. The first-order valence-corrected chi connectivity index (χ1v) is 7.97. The lowest BCUT2D eigenvalue weighted by atomic mass is 9.97. The van der Waals surface area contributed by atoms with Gasteiger partial charge in [0.2, 0.25) is 0 Å². The molecule has 0 heterocycles. The SMILES string of the molecule is CCCCN(CCCC)CC(C(N)=NO)c1ccccc1. The molecule has 21 heavy (non-hydrogen) atoms. The summed E-state index contributed by atoms with van der Waals surface area (Å²) in [5.41, 5.74) is 7.03. The van der Waals surface area contributed by atoms with Gasteiger partial charge in [-0.05, 0) is 31.5 Å². The van der Waals surface area contributed by atoms with Gasteiger partial charge in [-0.15, -0.1) is 0 Å². The van der Waals surface area contributed by atoms with E-state index < -0.39 is 0 Å². The van der Waals surface area contributed by atoms with Gasteiger partial charge in [-0.25, -0.2) is 0 Å². The number of hydrogen-bond acceptors (Lipinski definition) is 3. The molecule has 1 atom stereocenters. The number of benzene rings is 1.